The maximum Gasteiger partial charge on any atom is 0.256 e. The number of aromatic nitrogens is 1. The number of ether oxygens (including phenoxy) is 1. The summed E-state index contributed by atoms with van der Waals surface area (Å²) >= 11 is 0. The van der Waals surface area contributed by atoms with Gasteiger partial charge in [0.15, 0.2) is 5.60 Å². The fourth-order valence-electron chi connectivity index (χ4n) is 3.14. The van der Waals surface area contributed by atoms with Crippen molar-refractivity contribution in [2.45, 2.75) is 19.4 Å². The molecule has 1 atom stereocenters. The van der Waals surface area contributed by atoms with E-state index in [2.05, 4.69) is 0 Å². The summed E-state index contributed by atoms with van der Waals surface area (Å²) in [6.45, 7) is 4.48. The molecule has 2 aromatic rings. The van der Waals surface area contributed by atoms with E-state index in [-0.39, 0.29) is 12.5 Å². The second-order valence-corrected chi connectivity index (χ2v) is 6.21. The highest BCUT2D eigenvalue weighted by molar-refractivity contribution is 6.08. The van der Waals surface area contributed by atoms with Crippen LogP contribution < -0.4 is 5.73 Å². The van der Waals surface area contributed by atoms with Crippen molar-refractivity contribution in [1.82, 2.24) is 9.47 Å². The Labute approximate surface area is 134 Å². The Morgan fingerprint density at radius 1 is 1.30 bits per heavy atom. The summed E-state index contributed by atoms with van der Waals surface area (Å²) in [6.07, 6.45) is 0. The van der Waals surface area contributed by atoms with Crippen molar-refractivity contribution < 1.29 is 14.3 Å². The number of primary amides is 1. The predicted octanol–water partition coefficient (Wildman–Crippen LogP) is 1.20. The molecule has 23 heavy (non-hydrogen) atoms. The number of nitrogens with zero attached hydrogens (tertiary/aromatic N) is 2. The molecule has 0 unspecified atom stereocenters. The standard InChI is InChI=1S/C17H21N3O3/c1-11-14(12-6-4-5-7-13(12)19(11)3)15(21)20-8-9-23-17(2,10-20)16(18)22/h4-7H,8-10H2,1-3H3,(H2,18,22)/t17-/m1/s1. The zero-order valence-corrected chi connectivity index (χ0v) is 13.6. The Kier molecular flexibility index (Phi) is 3.64. The van der Waals surface area contributed by atoms with Gasteiger partial charge in [-0.1, -0.05) is 18.2 Å². The molecule has 2 heterocycles. The zero-order chi connectivity index (χ0) is 16.8. The number of carbonyl (C=O) groups excluding carboxylic acids is 2. The molecule has 1 aliphatic heterocycles. The van der Waals surface area contributed by atoms with Crippen LogP contribution in [-0.2, 0) is 16.6 Å². The lowest BCUT2D eigenvalue weighted by molar-refractivity contribution is -0.150. The first-order valence-corrected chi connectivity index (χ1v) is 7.62. The minimum atomic E-state index is -1.13. The lowest BCUT2D eigenvalue weighted by Crippen LogP contribution is -2.58. The van der Waals surface area contributed by atoms with Crippen molar-refractivity contribution in [1.29, 1.82) is 0 Å². The molecule has 2 N–H and O–H groups in total. The van der Waals surface area contributed by atoms with Gasteiger partial charge in [-0.05, 0) is 19.9 Å². The van der Waals surface area contributed by atoms with Gasteiger partial charge in [0.05, 0.1) is 18.7 Å². The number of benzene rings is 1. The fraction of sp³-hybridized carbons (Fsp3) is 0.412. The van der Waals surface area contributed by atoms with E-state index in [9.17, 15) is 9.59 Å². The largest absolute Gasteiger partial charge is 0.367 e. The molecule has 1 aromatic heterocycles. The quantitative estimate of drug-likeness (QED) is 0.904. The number of aryl methyl sites for hydroxylation is 1. The highest BCUT2D eigenvalue weighted by atomic mass is 16.5. The summed E-state index contributed by atoms with van der Waals surface area (Å²) in [4.78, 5) is 26.3. The molecule has 6 nitrogen and oxygen atoms in total. The van der Waals surface area contributed by atoms with Crippen LogP contribution in [0, 0.1) is 6.92 Å². The molecule has 2 amide bonds. The van der Waals surface area contributed by atoms with E-state index in [1.807, 2.05) is 42.8 Å². The van der Waals surface area contributed by atoms with Crippen molar-refractivity contribution in [3.05, 3.63) is 35.5 Å². The smallest absolute Gasteiger partial charge is 0.256 e. The Morgan fingerprint density at radius 3 is 2.70 bits per heavy atom. The Hall–Kier alpha value is -2.34. The van der Waals surface area contributed by atoms with Crippen LogP contribution in [0.2, 0.25) is 0 Å². The topological polar surface area (TPSA) is 77.6 Å². The number of morpholine rings is 1. The van der Waals surface area contributed by atoms with Crippen molar-refractivity contribution in [2.24, 2.45) is 12.8 Å². The normalized spacial score (nSPS) is 21.6. The maximum atomic E-state index is 13.1. The molecule has 122 valence electrons. The van der Waals surface area contributed by atoms with Crippen LogP contribution in [0.5, 0.6) is 0 Å². The van der Waals surface area contributed by atoms with Crippen molar-refractivity contribution in [3.8, 4) is 0 Å². The molecular weight excluding hydrogens is 294 g/mol. The third kappa shape index (κ3) is 2.39. The Balaban J connectivity index is 2.01. The lowest BCUT2D eigenvalue weighted by Gasteiger charge is -2.38. The van der Waals surface area contributed by atoms with E-state index in [4.69, 9.17) is 10.5 Å². The number of hydrogen-bond donors (Lipinski definition) is 1. The average molecular weight is 315 g/mol. The minimum Gasteiger partial charge on any atom is -0.367 e. The summed E-state index contributed by atoms with van der Waals surface area (Å²) in [6, 6.07) is 7.82. The van der Waals surface area contributed by atoms with Gasteiger partial charge in [-0.3, -0.25) is 9.59 Å². The summed E-state index contributed by atoms with van der Waals surface area (Å²) in [7, 11) is 1.95. The fourth-order valence-corrected chi connectivity index (χ4v) is 3.14. The number of nitrogens with two attached hydrogens (primary N) is 1. The van der Waals surface area contributed by atoms with E-state index in [0.717, 1.165) is 16.6 Å². The number of para-hydroxylation sites is 1. The average Bonchev–Trinajstić information content (AvgIpc) is 2.79. The summed E-state index contributed by atoms with van der Waals surface area (Å²) in [5.41, 5.74) is 6.89. The van der Waals surface area contributed by atoms with Crippen LogP contribution in [0.1, 0.15) is 23.0 Å². The highest BCUT2D eigenvalue weighted by Crippen LogP contribution is 2.27. The Bertz CT molecular complexity index is 796. The molecule has 6 heteroatoms. The van der Waals surface area contributed by atoms with Crippen molar-refractivity contribution >= 4 is 22.7 Å². The molecular formula is C17H21N3O3. The van der Waals surface area contributed by atoms with Crippen LogP contribution in [0.3, 0.4) is 0 Å². The summed E-state index contributed by atoms with van der Waals surface area (Å²) in [5.74, 6) is -0.639. The molecule has 0 bridgehead atoms. The number of hydrogen-bond acceptors (Lipinski definition) is 3. The van der Waals surface area contributed by atoms with Crippen LogP contribution in [0.4, 0.5) is 0 Å². The first-order valence-electron chi connectivity index (χ1n) is 7.62. The number of rotatable bonds is 2. The molecule has 0 aliphatic carbocycles. The van der Waals surface area contributed by atoms with Crippen LogP contribution in [0.15, 0.2) is 24.3 Å². The third-order valence-electron chi connectivity index (χ3n) is 4.70. The predicted molar refractivity (Wildman–Crippen MR) is 87.1 cm³/mol. The summed E-state index contributed by atoms with van der Waals surface area (Å²) < 4.78 is 7.50. The second-order valence-electron chi connectivity index (χ2n) is 6.21. The van der Waals surface area contributed by atoms with Crippen LogP contribution >= 0.6 is 0 Å². The monoisotopic (exact) mass is 315 g/mol. The molecule has 3 rings (SSSR count). The van der Waals surface area contributed by atoms with Gasteiger partial charge < -0.3 is 19.9 Å². The van der Waals surface area contributed by atoms with Crippen LogP contribution in [-0.4, -0.2) is 46.6 Å². The van der Waals surface area contributed by atoms with Gasteiger partial charge in [-0.2, -0.15) is 0 Å². The van der Waals surface area contributed by atoms with E-state index in [0.29, 0.717) is 18.7 Å². The third-order valence-corrected chi connectivity index (χ3v) is 4.70. The lowest BCUT2D eigenvalue weighted by atomic mass is 10.0. The molecule has 1 fully saturated rings. The highest BCUT2D eigenvalue weighted by Gasteiger charge is 2.40. The SMILES string of the molecule is Cc1c(C(=O)N2CCO[C@@](C)(C(N)=O)C2)c2ccccc2n1C. The van der Waals surface area contributed by atoms with E-state index in [1.54, 1.807) is 11.8 Å². The molecule has 1 aliphatic rings. The maximum absolute atomic E-state index is 13.1. The van der Waals surface area contributed by atoms with Crippen LogP contribution in [0.25, 0.3) is 10.9 Å². The molecule has 0 radical (unpaired) electrons. The van der Waals surface area contributed by atoms with E-state index < -0.39 is 11.5 Å². The van der Waals surface area contributed by atoms with Crippen molar-refractivity contribution in [2.75, 3.05) is 19.7 Å². The van der Waals surface area contributed by atoms with Gasteiger partial charge in [0, 0.05) is 30.2 Å². The summed E-state index contributed by atoms with van der Waals surface area (Å²) in [5, 5.41) is 0.921. The van der Waals surface area contributed by atoms with Gasteiger partial charge in [0.1, 0.15) is 0 Å². The van der Waals surface area contributed by atoms with Gasteiger partial charge in [0.2, 0.25) is 0 Å². The van der Waals surface area contributed by atoms with Gasteiger partial charge in [-0.15, -0.1) is 0 Å². The van der Waals surface area contributed by atoms with Gasteiger partial charge in [0.25, 0.3) is 11.8 Å². The molecule has 1 saturated heterocycles. The first-order chi connectivity index (χ1) is 10.8. The van der Waals surface area contributed by atoms with E-state index >= 15 is 0 Å². The Morgan fingerprint density at radius 2 is 2.00 bits per heavy atom. The first kappa shape index (κ1) is 15.6. The van der Waals surface area contributed by atoms with Crippen molar-refractivity contribution in [3.63, 3.8) is 0 Å². The second kappa shape index (κ2) is 5.38. The zero-order valence-electron chi connectivity index (χ0n) is 13.6. The molecule has 1 aromatic carbocycles. The number of fused-ring (bicyclic) bond motifs is 1. The van der Waals surface area contributed by atoms with Gasteiger partial charge >= 0.3 is 0 Å². The molecule has 0 spiro atoms. The van der Waals surface area contributed by atoms with E-state index in [1.165, 1.54) is 0 Å². The molecule has 0 saturated carbocycles. The van der Waals surface area contributed by atoms with Gasteiger partial charge in [-0.25, -0.2) is 0 Å². The number of amides is 2. The minimum absolute atomic E-state index is 0.0879. The number of carbonyl (C=O) groups is 2.